The highest BCUT2D eigenvalue weighted by Gasteiger charge is 2.40. The van der Waals surface area contributed by atoms with Crippen LogP contribution in [0.25, 0.3) is 0 Å². The molecule has 4 rings (SSSR count). The van der Waals surface area contributed by atoms with Crippen LogP contribution in [0.4, 0.5) is 0 Å². The molecule has 3 aromatic rings. The number of aliphatic hydroxyl groups excluding tert-OH is 1. The fraction of sp³-hybridized carbons (Fsp3) is 0.400. The first kappa shape index (κ1) is 41.1. The first-order valence-electron chi connectivity index (χ1n) is 18.2. The van der Waals surface area contributed by atoms with Gasteiger partial charge in [0.1, 0.15) is 29.3 Å². The third-order valence-corrected chi connectivity index (χ3v) is 9.89. The molecule has 1 heterocycles. The van der Waals surface area contributed by atoms with Crippen LogP contribution in [-0.4, -0.2) is 64.4 Å². The summed E-state index contributed by atoms with van der Waals surface area (Å²) in [6.45, 7) is 10.1. The van der Waals surface area contributed by atoms with Crippen molar-refractivity contribution in [3.05, 3.63) is 143 Å². The second kappa shape index (κ2) is 19.4. The Hall–Kier alpha value is -4.63. The van der Waals surface area contributed by atoms with Crippen LogP contribution >= 0.6 is 0 Å². The van der Waals surface area contributed by atoms with Gasteiger partial charge in [-0.25, -0.2) is 4.79 Å². The van der Waals surface area contributed by atoms with E-state index in [1.165, 1.54) is 7.11 Å². The van der Waals surface area contributed by atoms with E-state index in [-0.39, 0.29) is 30.1 Å². The van der Waals surface area contributed by atoms with Crippen molar-refractivity contribution in [1.82, 2.24) is 0 Å². The molecule has 1 aliphatic rings. The van der Waals surface area contributed by atoms with E-state index in [0.29, 0.717) is 0 Å². The van der Waals surface area contributed by atoms with E-state index in [9.17, 15) is 9.90 Å². The van der Waals surface area contributed by atoms with E-state index in [4.69, 9.17) is 28.4 Å². The summed E-state index contributed by atoms with van der Waals surface area (Å²) in [5.41, 5.74) is 3.52. The van der Waals surface area contributed by atoms with Crippen molar-refractivity contribution in [2.75, 3.05) is 35.0 Å². The van der Waals surface area contributed by atoms with Gasteiger partial charge in [-0.2, -0.15) is 0 Å². The Morgan fingerprint density at radius 2 is 1.40 bits per heavy atom. The van der Waals surface area contributed by atoms with Crippen molar-refractivity contribution in [2.45, 2.75) is 65.0 Å². The normalized spacial score (nSPS) is 26.0. The maximum absolute atomic E-state index is 13.8. The van der Waals surface area contributed by atoms with Crippen molar-refractivity contribution >= 4 is 5.97 Å². The Labute approximate surface area is 315 Å². The fourth-order valence-electron chi connectivity index (χ4n) is 6.95. The molecule has 8 nitrogen and oxygen atoms in total. The highest BCUT2D eigenvalue weighted by Crippen LogP contribution is 2.42. The van der Waals surface area contributed by atoms with E-state index in [0.717, 1.165) is 45.8 Å². The molecule has 284 valence electrons. The minimum Gasteiger partial charge on any atom is -0.497 e. The number of benzene rings is 3. The summed E-state index contributed by atoms with van der Waals surface area (Å²) < 4.78 is 36.1. The van der Waals surface area contributed by atoms with Gasteiger partial charge in [0.25, 0.3) is 0 Å². The Bertz CT molecular complexity index is 1670. The van der Waals surface area contributed by atoms with Gasteiger partial charge in [-0.15, -0.1) is 0 Å². The van der Waals surface area contributed by atoms with E-state index in [1.54, 1.807) is 27.4 Å². The Morgan fingerprint density at radius 1 is 0.830 bits per heavy atom. The Morgan fingerprint density at radius 3 is 1.92 bits per heavy atom. The maximum Gasteiger partial charge on any atom is 0.373 e. The Kier molecular flexibility index (Phi) is 15.1. The van der Waals surface area contributed by atoms with Gasteiger partial charge in [0.15, 0.2) is 0 Å². The van der Waals surface area contributed by atoms with E-state index >= 15 is 0 Å². The molecule has 8 heteroatoms. The topological polar surface area (TPSA) is 92.7 Å². The van der Waals surface area contributed by atoms with Crippen LogP contribution in [0.1, 0.15) is 57.7 Å². The molecular formula is C45H56O8. The molecule has 0 saturated carbocycles. The molecule has 0 radical (unpaired) electrons. The lowest BCUT2D eigenvalue weighted by Gasteiger charge is -2.38. The van der Waals surface area contributed by atoms with Gasteiger partial charge in [-0.3, -0.25) is 0 Å². The van der Waals surface area contributed by atoms with Gasteiger partial charge in [0, 0.05) is 18.9 Å². The molecule has 3 aromatic carbocycles. The molecule has 6 atom stereocenters. The lowest BCUT2D eigenvalue weighted by Crippen LogP contribution is -2.42. The molecule has 1 aliphatic heterocycles. The SMILES string of the molecule is CO/C1=C\C(C)=C/[C@@H](C)C(O)[C@@H](C)C/C(C)=C\C=C\[C@H](OC)[C@@H]([C@@H](C)COC(c2ccccc2)(c2ccc(OC)cc2)c2ccc(OC)cc2)OC1=O. The molecule has 1 N–H and O–H groups in total. The minimum absolute atomic E-state index is 0.0203. The number of rotatable bonds is 11. The third-order valence-electron chi connectivity index (χ3n) is 9.89. The summed E-state index contributed by atoms with van der Waals surface area (Å²) in [5.74, 6) is 0.367. The minimum atomic E-state index is -1.06. The summed E-state index contributed by atoms with van der Waals surface area (Å²) in [6.07, 6.45) is 8.20. The summed E-state index contributed by atoms with van der Waals surface area (Å²) >= 11 is 0. The number of cyclic esters (lactones) is 1. The van der Waals surface area contributed by atoms with E-state index in [1.807, 2.05) is 138 Å². The molecule has 0 amide bonds. The van der Waals surface area contributed by atoms with Gasteiger partial charge in [-0.05, 0) is 73.2 Å². The molecular weight excluding hydrogens is 668 g/mol. The number of ether oxygens (including phenoxy) is 6. The zero-order valence-corrected chi connectivity index (χ0v) is 32.6. The van der Waals surface area contributed by atoms with Crippen molar-refractivity contribution in [2.24, 2.45) is 17.8 Å². The van der Waals surface area contributed by atoms with Crippen molar-refractivity contribution in [3.63, 3.8) is 0 Å². The average molecular weight is 725 g/mol. The number of esters is 1. The molecule has 0 aliphatic carbocycles. The van der Waals surface area contributed by atoms with Crippen LogP contribution in [0.15, 0.2) is 126 Å². The molecule has 0 spiro atoms. The van der Waals surface area contributed by atoms with Gasteiger partial charge < -0.3 is 33.5 Å². The zero-order chi connectivity index (χ0) is 38.5. The van der Waals surface area contributed by atoms with Crippen molar-refractivity contribution < 1.29 is 38.3 Å². The number of hydrogen-bond acceptors (Lipinski definition) is 8. The van der Waals surface area contributed by atoms with Gasteiger partial charge in [-0.1, -0.05) is 111 Å². The first-order valence-corrected chi connectivity index (χ1v) is 18.2. The summed E-state index contributed by atoms with van der Waals surface area (Å²) in [7, 11) is 6.33. The van der Waals surface area contributed by atoms with E-state index in [2.05, 4.69) is 0 Å². The van der Waals surface area contributed by atoms with Gasteiger partial charge in [0.05, 0.1) is 34.0 Å². The van der Waals surface area contributed by atoms with Gasteiger partial charge >= 0.3 is 5.97 Å². The highest BCUT2D eigenvalue weighted by atomic mass is 16.6. The third kappa shape index (κ3) is 10.3. The van der Waals surface area contributed by atoms with E-state index < -0.39 is 29.9 Å². The number of methoxy groups -OCH3 is 4. The number of hydrogen-bond donors (Lipinski definition) is 1. The van der Waals surface area contributed by atoms with Crippen LogP contribution in [0.2, 0.25) is 0 Å². The van der Waals surface area contributed by atoms with Crippen LogP contribution in [-0.2, 0) is 29.3 Å². The quantitative estimate of drug-likeness (QED) is 0.155. The predicted molar refractivity (Wildman–Crippen MR) is 209 cm³/mol. The number of carbonyl (C=O) groups excluding carboxylic acids is 1. The molecule has 0 fully saturated rings. The molecule has 53 heavy (non-hydrogen) atoms. The molecule has 0 bridgehead atoms. The Balaban J connectivity index is 1.81. The number of carbonyl (C=O) groups is 1. The lowest BCUT2D eigenvalue weighted by molar-refractivity contribution is -0.160. The summed E-state index contributed by atoms with van der Waals surface area (Å²) in [6, 6.07) is 25.8. The van der Waals surface area contributed by atoms with Crippen LogP contribution in [0, 0.1) is 17.8 Å². The van der Waals surface area contributed by atoms with Crippen LogP contribution < -0.4 is 9.47 Å². The second-order valence-corrected chi connectivity index (χ2v) is 13.9. The second-order valence-electron chi connectivity index (χ2n) is 13.9. The zero-order valence-electron chi connectivity index (χ0n) is 32.6. The molecule has 0 aromatic heterocycles. The first-order chi connectivity index (χ1) is 25.5. The highest BCUT2D eigenvalue weighted by molar-refractivity contribution is 5.87. The molecule has 0 saturated heterocycles. The van der Waals surface area contributed by atoms with Crippen LogP contribution in [0.5, 0.6) is 11.5 Å². The van der Waals surface area contributed by atoms with Crippen molar-refractivity contribution in [1.29, 1.82) is 0 Å². The summed E-state index contributed by atoms with van der Waals surface area (Å²) in [4.78, 5) is 13.8. The fourth-order valence-corrected chi connectivity index (χ4v) is 6.95. The maximum atomic E-state index is 13.8. The summed E-state index contributed by atoms with van der Waals surface area (Å²) in [5, 5.41) is 11.0. The average Bonchev–Trinajstić information content (AvgIpc) is 3.18. The number of aliphatic hydroxyl groups is 1. The lowest BCUT2D eigenvalue weighted by atomic mass is 9.79. The standard InChI is InChI=1S/C45H56O8/c1-30-14-13-17-40(50-8)43(53-44(47)41(51-9)28-31(2)27-33(4)42(46)32(3)26-30)34(5)29-52-45(35-15-11-10-12-16-35,36-18-22-38(48-6)23-19-36)37-20-24-39(49-7)25-21-37/h10-25,27-28,32-34,40,42-43,46H,26,29H2,1-9H3/b17-13+,30-14-,31-27-,41-28-/t32-,33+,34-,40-,42?,43+/m0/s1. The van der Waals surface area contributed by atoms with Gasteiger partial charge in [0.2, 0.25) is 5.76 Å². The monoisotopic (exact) mass is 724 g/mol. The molecule has 1 unspecified atom stereocenters. The van der Waals surface area contributed by atoms with Crippen molar-refractivity contribution in [3.8, 4) is 11.5 Å². The smallest absolute Gasteiger partial charge is 0.373 e. The number of allylic oxidation sites excluding steroid dienone is 5. The largest absolute Gasteiger partial charge is 0.497 e. The van der Waals surface area contributed by atoms with Crippen LogP contribution in [0.3, 0.4) is 0 Å². The predicted octanol–water partition coefficient (Wildman–Crippen LogP) is 8.59.